The van der Waals surface area contributed by atoms with Gasteiger partial charge in [0, 0.05) is 17.3 Å². The summed E-state index contributed by atoms with van der Waals surface area (Å²) in [5.41, 5.74) is 1.18. The van der Waals surface area contributed by atoms with Crippen molar-refractivity contribution < 1.29 is 14.7 Å². The molecule has 0 radical (unpaired) electrons. The molecule has 144 valence electrons. The highest BCUT2D eigenvalue weighted by molar-refractivity contribution is 7.20. The molecule has 1 N–H and O–H groups in total. The van der Waals surface area contributed by atoms with Crippen LogP contribution in [0.4, 0.5) is 5.00 Å². The highest BCUT2D eigenvalue weighted by atomic mass is 32.1. The number of anilines is 1. The summed E-state index contributed by atoms with van der Waals surface area (Å²) in [5.74, 6) is -0.316. The van der Waals surface area contributed by atoms with Gasteiger partial charge in [-0.2, -0.15) is 0 Å². The average Bonchev–Trinajstić information content (AvgIpc) is 3.30. The van der Waals surface area contributed by atoms with Crippen LogP contribution in [0.1, 0.15) is 62.7 Å². The van der Waals surface area contributed by atoms with E-state index in [1.54, 1.807) is 11.0 Å². The Morgan fingerprint density at radius 2 is 1.85 bits per heavy atom. The van der Waals surface area contributed by atoms with Gasteiger partial charge < -0.3 is 10.0 Å². The molecule has 3 rings (SSSR count). The maximum Gasteiger partial charge on any atom is 0.338 e. The second-order valence-corrected chi connectivity index (χ2v) is 8.58. The number of thiophene rings is 1. The van der Waals surface area contributed by atoms with E-state index >= 15 is 0 Å². The third kappa shape index (κ3) is 4.59. The summed E-state index contributed by atoms with van der Waals surface area (Å²) in [7, 11) is 0. The number of nitrogens with zero attached hydrogens (tertiary/aromatic N) is 1. The Kier molecular flexibility index (Phi) is 6.32. The predicted molar refractivity (Wildman–Crippen MR) is 111 cm³/mol. The molecule has 1 aromatic heterocycles. The normalized spacial score (nSPS) is 14.6. The monoisotopic (exact) mass is 385 g/mol. The van der Waals surface area contributed by atoms with Gasteiger partial charge in [-0.1, -0.05) is 56.0 Å². The van der Waals surface area contributed by atoms with E-state index < -0.39 is 5.97 Å². The first-order valence-corrected chi connectivity index (χ1v) is 10.5. The zero-order valence-electron chi connectivity index (χ0n) is 16.0. The number of aromatic carboxylic acids is 1. The highest BCUT2D eigenvalue weighted by Gasteiger charge is 2.28. The zero-order valence-corrected chi connectivity index (χ0v) is 16.8. The van der Waals surface area contributed by atoms with Crippen LogP contribution in [0.25, 0.3) is 10.4 Å². The Morgan fingerprint density at radius 1 is 1.19 bits per heavy atom. The van der Waals surface area contributed by atoms with E-state index in [2.05, 4.69) is 0 Å². The number of hydrogen-bond acceptors (Lipinski definition) is 3. The summed E-state index contributed by atoms with van der Waals surface area (Å²) in [6, 6.07) is 11.3. The summed E-state index contributed by atoms with van der Waals surface area (Å²) in [4.78, 5) is 27.4. The molecule has 27 heavy (non-hydrogen) atoms. The highest BCUT2D eigenvalue weighted by Crippen LogP contribution is 2.39. The van der Waals surface area contributed by atoms with Gasteiger partial charge in [0.1, 0.15) is 5.00 Å². The Labute approximate surface area is 164 Å². The fourth-order valence-electron chi connectivity index (χ4n) is 3.84. The second-order valence-electron chi connectivity index (χ2n) is 7.55. The Morgan fingerprint density at radius 3 is 2.44 bits per heavy atom. The molecule has 1 aliphatic carbocycles. The fraction of sp³-hybridized carbons (Fsp3) is 0.455. The van der Waals surface area contributed by atoms with Crippen LogP contribution in [-0.2, 0) is 4.79 Å². The van der Waals surface area contributed by atoms with E-state index in [9.17, 15) is 14.7 Å². The molecule has 0 aliphatic heterocycles. The van der Waals surface area contributed by atoms with Crippen molar-refractivity contribution in [3.8, 4) is 10.4 Å². The SMILES string of the molecule is CC(C)N(C(=O)CCC1CCCC1)c1sc(-c2ccccc2)cc1C(=O)O. The molecule has 0 atom stereocenters. The number of rotatable bonds is 7. The van der Waals surface area contributed by atoms with E-state index in [4.69, 9.17) is 0 Å². The van der Waals surface area contributed by atoms with Crippen LogP contribution in [-0.4, -0.2) is 23.0 Å². The van der Waals surface area contributed by atoms with Gasteiger partial charge >= 0.3 is 5.97 Å². The largest absolute Gasteiger partial charge is 0.478 e. The first-order chi connectivity index (χ1) is 13.0. The van der Waals surface area contributed by atoms with Gasteiger partial charge in [-0.05, 0) is 37.8 Å². The minimum Gasteiger partial charge on any atom is -0.478 e. The standard InChI is InChI=1S/C22H27NO3S/c1-15(2)23(20(24)13-12-16-8-6-7-9-16)21-18(22(25)26)14-19(27-21)17-10-4-3-5-11-17/h3-5,10-11,14-16H,6-9,12-13H2,1-2H3,(H,25,26). The first kappa shape index (κ1) is 19.6. The lowest BCUT2D eigenvalue weighted by molar-refractivity contribution is -0.119. The van der Waals surface area contributed by atoms with Crippen molar-refractivity contribution >= 4 is 28.2 Å². The molecule has 1 aliphatic rings. The maximum atomic E-state index is 13.0. The lowest BCUT2D eigenvalue weighted by Crippen LogP contribution is -2.37. The van der Waals surface area contributed by atoms with Crippen LogP contribution in [0.2, 0.25) is 0 Å². The second kappa shape index (κ2) is 8.70. The summed E-state index contributed by atoms with van der Waals surface area (Å²) in [6.07, 6.45) is 6.35. The number of carboxylic acids is 1. The quantitative estimate of drug-likeness (QED) is 0.653. The first-order valence-electron chi connectivity index (χ1n) is 9.72. The fourth-order valence-corrected chi connectivity index (χ4v) is 5.15. The van der Waals surface area contributed by atoms with E-state index in [0.29, 0.717) is 17.3 Å². The van der Waals surface area contributed by atoms with Crippen LogP contribution in [0.3, 0.4) is 0 Å². The Balaban J connectivity index is 1.88. The average molecular weight is 386 g/mol. The molecule has 0 unspecified atom stereocenters. The lowest BCUT2D eigenvalue weighted by Gasteiger charge is -2.26. The molecule has 1 amide bonds. The third-order valence-corrected chi connectivity index (χ3v) is 6.43. The molecule has 1 saturated carbocycles. The zero-order chi connectivity index (χ0) is 19.4. The van der Waals surface area contributed by atoms with Crippen LogP contribution in [0, 0.1) is 5.92 Å². The van der Waals surface area contributed by atoms with Crippen LogP contribution < -0.4 is 4.90 Å². The molecule has 1 heterocycles. The topological polar surface area (TPSA) is 57.6 Å². The smallest absolute Gasteiger partial charge is 0.338 e. The van der Waals surface area contributed by atoms with E-state index in [-0.39, 0.29) is 17.5 Å². The number of carbonyl (C=O) groups is 2. The number of carbonyl (C=O) groups excluding carboxylic acids is 1. The summed E-state index contributed by atoms with van der Waals surface area (Å²) < 4.78 is 0. The molecular formula is C22H27NO3S. The molecule has 2 aromatic rings. The summed E-state index contributed by atoms with van der Waals surface area (Å²) in [5, 5.41) is 10.3. The van der Waals surface area contributed by atoms with Crippen LogP contribution >= 0.6 is 11.3 Å². The van der Waals surface area contributed by atoms with Gasteiger partial charge in [0.15, 0.2) is 0 Å². The summed E-state index contributed by atoms with van der Waals surface area (Å²) >= 11 is 1.39. The van der Waals surface area contributed by atoms with Crippen molar-refractivity contribution in [2.24, 2.45) is 5.92 Å². The number of benzene rings is 1. The number of amides is 1. The van der Waals surface area contributed by atoms with Crippen molar-refractivity contribution in [1.29, 1.82) is 0 Å². The predicted octanol–water partition coefficient (Wildman–Crippen LogP) is 5.83. The van der Waals surface area contributed by atoms with Gasteiger partial charge in [-0.15, -0.1) is 11.3 Å². The molecule has 1 aromatic carbocycles. The molecule has 0 bridgehead atoms. The Bertz CT molecular complexity index is 791. The van der Waals surface area contributed by atoms with Crippen molar-refractivity contribution in [2.45, 2.75) is 58.4 Å². The van der Waals surface area contributed by atoms with Crippen molar-refractivity contribution in [3.05, 3.63) is 42.0 Å². The number of hydrogen-bond donors (Lipinski definition) is 1. The van der Waals surface area contributed by atoms with E-state index in [1.165, 1.54) is 37.0 Å². The molecule has 1 fully saturated rings. The molecule has 0 spiro atoms. The van der Waals surface area contributed by atoms with Crippen LogP contribution in [0.15, 0.2) is 36.4 Å². The van der Waals surface area contributed by atoms with Crippen molar-refractivity contribution in [1.82, 2.24) is 0 Å². The maximum absolute atomic E-state index is 13.0. The molecular weight excluding hydrogens is 358 g/mol. The number of carboxylic acid groups (broad SMARTS) is 1. The third-order valence-electron chi connectivity index (χ3n) is 5.25. The van der Waals surface area contributed by atoms with Gasteiger partial charge in [-0.3, -0.25) is 4.79 Å². The van der Waals surface area contributed by atoms with Crippen molar-refractivity contribution in [3.63, 3.8) is 0 Å². The van der Waals surface area contributed by atoms with Crippen molar-refractivity contribution in [2.75, 3.05) is 4.90 Å². The van der Waals surface area contributed by atoms with Gasteiger partial charge in [0.25, 0.3) is 0 Å². The minimum atomic E-state index is -0.988. The minimum absolute atomic E-state index is 0.0286. The van der Waals surface area contributed by atoms with Gasteiger partial charge in [0.2, 0.25) is 5.91 Å². The molecule has 4 nitrogen and oxygen atoms in total. The van der Waals surface area contributed by atoms with E-state index in [0.717, 1.165) is 16.9 Å². The van der Waals surface area contributed by atoms with E-state index in [1.807, 2.05) is 44.2 Å². The summed E-state index contributed by atoms with van der Waals surface area (Å²) in [6.45, 7) is 3.89. The van der Waals surface area contributed by atoms with Gasteiger partial charge in [-0.25, -0.2) is 4.79 Å². The van der Waals surface area contributed by atoms with Gasteiger partial charge in [0.05, 0.1) is 5.56 Å². The molecule has 5 heteroatoms. The molecule has 0 saturated heterocycles. The van der Waals surface area contributed by atoms with Crippen LogP contribution in [0.5, 0.6) is 0 Å². The lowest BCUT2D eigenvalue weighted by atomic mass is 10.0. The Hall–Kier alpha value is -2.14.